The fraction of sp³-hybridized carbons (Fsp3) is 0.385. The number of hydrogen-bond acceptors (Lipinski definition) is 4. The van der Waals surface area contributed by atoms with E-state index in [4.69, 9.17) is 26.2 Å². The van der Waals surface area contributed by atoms with Gasteiger partial charge in [-0.05, 0) is 0 Å². The van der Waals surface area contributed by atoms with Gasteiger partial charge in [-0.2, -0.15) is 0 Å². The normalized spacial score (nSPS) is 14.3. The number of urea groups is 1. The van der Waals surface area contributed by atoms with Gasteiger partial charge in [0.05, 0.1) is 30.8 Å². The number of carboxylic acid groups (broad SMARTS) is 1. The average molecular weight is 315 g/mol. The molecule has 0 radical (unpaired) electrons. The second kappa shape index (κ2) is 6.09. The molecule has 1 aliphatic rings. The molecule has 114 valence electrons. The van der Waals surface area contributed by atoms with E-state index in [1.165, 1.54) is 25.2 Å². The number of hydrogen-bond donors (Lipinski definition) is 2. The Labute approximate surface area is 126 Å². The second-order valence-corrected chi connectivity index (χ2v) is 4.96. The quantitative estimate of drug-likeness (QED) is 0.886. The van der Waals surface area contributed by atoms with Crippen molar-refractivity contribution in [1.29, 1.82) is 0 Å². The molecule has 1 fully saturated rings. The molecule has 2 N–H and O–H groups in total. The van der Waals surface area contributed by atoms with E-state index in [1.54, 1.807) is 6.07 Å². The molecule has 2 amide bonds. The monoisotopic (exact) mass is 314 g/mol. The number of nitrogens with one attached hydrogen (secondary N) is 1. The van der Waals surface area contributed by atoms with E-state index in [0.29, 0.717) is 22.2 Å². The predicted octanol–water partition coefficient (Wildman–Crippen LogP) is 1.91. The van der Waals surface area contributed by atoms with Crippen LogP contribution in [0.15, 0.2) is 12.1 Å². The standard InChI is InChI=1S/C13H15ClN2O5/c1-20-10-4-9(11(21-2)3-8(10)14)15-13(19)16-5-7(6-16)12(17)18/h3-4,7H,5-6H2,1-2H3,(H,15,19)(H,17,18). The highest BCUT2D eigenvalue weighted by Gasteiger charge is 2.35. The smallest absolute Gasteiger partial charge is 0.322 e. The largest absolute Gasteiger partial charge is 0.495 e. The number of amides is 2. The van der Waals surface area contributed by atoms with Gasteiger partial charge in [-0.1, -0.05) is 11.6 Å². The summed E-state index contributed by atoms with van der Waals surface area (Å²) >= 11 is 5.98. The van der Waals surface area contributed by atoms with Gasteiger partial charge < -0.3 is 24.8 Å². The number of carbonyl (C=O) groups excluding carboxylic acids is 1. The number of benzene rings is 1. The van der Waals surface area contributed by atoms with Crippen LogP contribution < -0.4 is 14.8 Å². The zero-order chi connectivity index (χ0) is 15.6. The number of methoxy groups -OCH3 is 2. The molecule has 1 saturated heterocycles. The molecule has 1 aliphatic heterocycles. The van der Waals surface area contributed by atoms with E-state index in [9.17, 15) is 9.59 Å². The molecule has 0 spiro atoms. The van der Waals surface area contributed by atoms with Gasteiger partial charge in [-0.25, -0.2) is 4.79 Å². The number of ether oxygens (including phenoxy) is 2. The summed E-state index contributed by atoms with van der Waals surface area (Å²) in [7, 11) is 2.92. The highest BCUT2D eigenvalue weighted by molar-refractivity contribution is 6.32. The number of carbonyl (C=O) groups is 2. The Kier molecular flexibility index (Phi) is 4.42. The van der Waals surface area contributed by atoms with Gasteiger partial charge in [0.15, 0.2) is 0 Å². The van der Waals surface area contributed by atoms with Crippen LogP contribution in [0.5, 0.6) is 11.5 Å². The molecule has 1 aromatic rings. The van der Waals surface area contributed by atoms with Crippen molar-refractivity contribution >= 4 is 29.3 Å². The molecule has 7 nitrogen and oxygen atoms in total. The van der Waals surface area contributed by atoms with Gasteiger partial charge >= 0.3 is 12.0 Å². The fourth-order valence-electron chi connectivity index (χ4n) is 1.95. The fourth-order valence-corrected chi connectivity index (χ4v) is 2.18. The summed E-state index contributed by atoms with van der Waals surface area (Å²) < 4.78 is 10.2. The molecule has 1 heterocycles. The summed E-state index contributed by atoms with van der Waals surface area (Å²) in [4.78, 5) is 24.1. The lowest BCUT2D eigenvalue weighted by Gasteiger charge is -2.36. The van der Waals surface area contributed by atoms with Gasteiger partial charge in [0.1, 0.15) is 11.5 Å². The van der Waals surface area contributed by atoms with Gasteiger partial charge in [-0.3, -0.25) is 4.79 Å². The van der Waals surface area contributed by atoms with Crippen molar-refractivity contribution in [3.63, 3.8) is 0 Å². The molecule has 0 unspecified atom stereocenters. The van der Waals surface area contributed by atoms with Crippen molar-refractivity contribution < 1.29 is 24.2 Å². The van der Waals surface area contributed by atoms with Crippen molar-refractivity contribution in [3.05, 3.63) is 17.2 Å². The lowest BCUT2D eigenvalue weighted by Crippen LogP contribution is -2.54. The lowest BCUT2D eigenvalue weighted by molar-refractivity contribution is -0.145. The average Bonchev–Trinajstić information content (AvgIpc) is 2.37. The van der Waals surface area contributed by atoms with Gasteiger partial charge in [0, 0.05) is 25.2 Å². The van der Waals surface area contributed by atoms with Gasteiger partial charge in [-0.15, -0.1) is 0 Å². The molecule has 0 bridgehead atoms. The van der Waals surface area contributed by atoms with E-state index < -0.39 is 17.9 Å². The minimum Gasteiger partial charge on any atom is -0.495 e. The lowest BCUT2D eigenvalue weighted by atomic mass is 10.0. The molecule has 0 aliphatic carbocycles. The van der Waals surface area contributed by atoms with Crippen LogP contribution in [0.3, 0.4) is 0 Å². The number of likely N-dealkylation sites (tertiary alicyclic amines) is 1. The third-order valence-electron chi connectivity index (χ3n) is 3.23. The van der Waals surface area contributed by atoms with Gasteiger partial charge in [0.25, 0.3) is 0 Å². The Morgan fingerprint density at radius 2 is 1.90 bits per heavy atom. The van der Waals surface area contributed by atoms with Crippen LogP contribution in [0.2, 0.25) is 5.02 Å². The molecular formula is C13H15ClN2O5. The van der Waals surface area contributed by atoms with Crippen LogP contribution in [-0.4, -0.2) is 49.3 Å². The summed E-state index contributed by atoms with van der Waals surface area (Å²) in [6.07, 6.45) is 0. The minimum absolute atomic E-state index is 0.189. The summed E-state index contributed by atoms with van der Waals surface area (Å²) in [5.41, 5.74) is 0.405. The van der Waals surface area contributed by atoms with Crippen LogP contribution in [0, 0.1) is 5.92 Å². The Bertz CT molecular complexity index is 572. The third-order valence-corrected chi connectivity index (χ3v) is 3.53. The molecule has 1 aromatic carbocycles. The first-order chi connectivity index (χ1) is 9.96. The zero-order valence-corrected chi connectivity index (χ0v) is 12.3. The molecule has 21 heavy (non-hydrogen) atoms. The maximum atomic E-state index is 12.0. The first kappa shape index (κ1) is 15.2. The topological polar surface area (TPSA) is 88.1 Å². The van der Waals surface area contributed by atoms with E-state index in [1.807, 2.05) is 0 Å². The number of rotatable bonds is 4. The van der Waals surface area contributed by atoms with Crippen molar-refractivity contribution in [3.8, 4) is 11.5 Å². The summed E-state index contributed by atoms with van der Waals surface area (Å²) in [5, 5.41) is 11.8. The predicted molar refractivity (Wildman–Crippen MR) is 76.3 cm³/mol. The van der Waals surface area contributed by atoms with Crippen LogP contribution in [0.1, 0.15) is 0 Å². The van der Waals surface area contributed by atoms with Crippen molar-refractivity contribution in [2.75, 3.05) is 32.6 Å². The maximum absolute atomic E-state index is 12.0. The summed E-state index contributed by atoms with van der Waals surface area (Å²) in [6, 6.07) is 2.69. The highest BCUT2D eigenvalue weighted by atomic mass is 35.5. The Balaban J connectivity index is 2.09. The van der Waals surface area contributed by atoms with Crippen molar-refractivity contribution in [2.45, 2.75) is 0 Å². The highest BCUT2D eigenvalue weighted by Crippen LogP contribution is 2.36. The molecule has 8 heteroatoms. The zero-order valence-electron chi connectivity index (χ0n) is 11.6. The molecular weight excluding hydrogens is 300 g/mol. The van der Waals surface area contributed by atoms with E-state index in [2.05, 4.69) is 5.32 Å². The molecule has 2 rings (SSSR count). The van der Waals surface area contributed by atoms with Crippen molar-refractivity contribution in [2.24, 2.45) is 5.92 Å². The van der Waals surface area contributed by atoms with E-state index in [-0.39, 0.29) is 13.1 Å². The first-order valence-corrected chi connectivity index (χ1v) is 6.54. The van der Waals surface area contributed by atoms with Crippen LogP contribution in [-0.2, 0) is 4.79 Å². The Morgan fingerprint density at radius 1 is 1.29 bits per heavy atom. The number of carboxylic acids is 1. The minimum atomic E-state index is -0.898. The molecule has 0 atom stereocenters. The SMILES string of the molecule is COc1cc(NC(=O)N2CC(C(=O)O)C2)c(OC)cc1Cl. The number of halogens is 1. The maximum Gasteiger partial charge on any atom is 0.322 e. The Morgan fingerprint density at radius 3 is 2.43 bits per heavy atom. The first-order valence-electron chi connectivity index (χ1n) is 6.16. The number of anilines is 1. The van der Waals surface area contributed by atoms with Crippen LogP contribution in [0.25, 0.3) is 0 Å². The summed E-state index contributed by atoms with van der Waals surface area (Å²) in [5.74, 6) is -0.605. The van der Waals surface area contributed by atoms with E-state index in [0.717, 1.165) is 0 Å². The second-order valence-electron chi connectivity index (χ2n) is 4.56. The number of nitrogens with zero attached hydrogens (tertiary/aromatic N) is 1. The van der Waals surface area contributed by atoms with Crippen LogP contribution in [0.4, 0.5) is 10.5 Å². The Hall–Kier alpha value is -2.15. The molecule has 0 aromatic heterocycles. The number of aliphatic carboxylic acids is 1. The van der Waals surface area contributed by atoms with Gasteiger partial charge in [0.2, 0.25) is 0 Å². The third kappa shape index (κ3) is 3.13. The van der Waals surface area contributed by atoms with E-state index >= 15 is 0 Å². The summed E-state index contributed by atoms with van der Waals surface area (Å²) in [6.45, 7) is 0.377. The van der Waals surface area contributed by atoms with Crippen molar-refractivity contribution in [1.82, 2.24) is 4.90 Å². The van der Waals surface area contributed by atoms with Crippen LogP contribution >= 0.6 is 11.6 Å². The molecule has 0 saturated carbocycles.